The molecule has 0 amide bonds. The first-order valence-electron chi connectivity index (χ1n) is 5.13. The van der Waals surface area contributed by atoms with E-state index in [4.69, 9.17) is 21.1 Å². The highest BCUT2D eigenvalue weighted by Gasteiger charge is 2.08. The van der Waals surface area contributed by atoms with Crippen molar-refractivity contribution in [3.05, 3.63) is 28.8 Å². The molecule has 0 spiro atoms. The summed E-state index contributed by atoms with van der Waals surface area (Å²) in [5.41, 5.74) is 0.538. The van der Waals surface area contributed by atoms with Gasteiger partial charge in [-0.05, 0) is 24.6 Å². The standard InChI is InChI=1S/C12H15ClO3/c1-3-6-16-12-5-4-9(7-10(12)13)11(14)8-15-2/h4-5,7H,3,6,8H2,1-2H3. The van der Waals surface area contributed by atoms with Gasteiger partial charge in [0.05, 0.1) is 11.6 Å². The lowest BCUT2D eigenvalue weighted by Crippen LogP contribution is -2.07. The highest BCUT2D eigenvalue weighted by atomic mass is 35.5. The van der Waals surface area contributed by atoms with Crippen LogP contribution in [0, 0.1) is 0 Å². The van der Waals surface area contributed by atoms with Gasteiger partial charge in [0.15, 0.2) is 5.78 Å². The molecule has 4 heteroatoms. The molecule has 0 saturated carbocycles. The third kappa shape index (κ3) is 3.51. The van der Waals surface area contributed by atoms with E-state index in [-0.39, 0.29) is 12.4 Å². The average Bonchev–Trinajstić information content (AvgIpc) is 2.27. The second-order valence-electron chi connectivity index (χ2n) is 3.35. The molecular formula is C12H15ClO3. The number of carbonyl (C=O) groups excluding carboxylic acids is 1. The van der Waals surface area contributed by atoms with Gasteiger partial charge in [0, 0.05) is 12.7 Å². The highest BCUT2D eigenvalue weighted by Crippen LogP contribution is 2.25. The molecule has 3 nitrogen and oxygen atoms in total. The molecule has 0 N–H and O–H groups in total. The molecule has 0 aromatic heterocycles. The van der Waals surface area contributed by atoms with Crippen LogP contribution in [-0.2, 0) is 4.74 Å². The van der Waals surface area contributed by atoms with Crippen molar-refractivity contribution in [1.82, 2.24) is 0 Å². The molecule has 88 valence electrons. The van der Waals surface area contributed by atoms with Crippen LogP contribution < -0.4 is 4.74 Å². The van der Waals surface area contributed by atoms with Crippen LogP contribution in [0.3, 0.4) is 0 Å². The fraction of sp³-hybridized carbons (Fsp3) is 0.417. The SMILES string of the molecule is CCCOc1ccc(C(=O)COC)cc1Cl. The van der Waals surface area contributed by atoms with E-state index in [1.54, 1.807) is 18.2 Å². The summed E-state index contributed by atoms with van der Waals surface area (Å²) in [5, 5.41) is 0.454. The molecule has 0 unspecified atom stereocenters. The maximum absolute atomic E-state index is 11.5. The summed E-state index contributed by atoms with van der Waals surface area (Å²) in [6, 6.07) is 5.01. The Hall–Kier alpha value is -1.06. The van der Waals surface area contributed by atoms with E-state index in [1.165, 1.54) is 7.11 Å². The van der Waals surface area contributed by atoms with E-state index in [0.717, 1.165) is 6.42 Å². The Morgan fingerprint density at radius 1 is 1.44 bits per heavy atom. The monoisotopic (exact) mass is 242 g/mol. The first-order chi connectivity index (χ1) is 7.69. The number of ether oxygens (including phenoxy) is 2. The van der Waals surface area contributed by atoms with Gasteiger partial charge in [-0.1, -0.05) is 18.5 Å². The Labute approximate surface area is 100 Å². The molecule has 0 heterocycles. The molecule has 0 aliphatic rings. The summed E-state index contributed by atoms with van der Waals surface area (Å²) in [7, 11) is 1.48. The Kier molecular flexibility index (Phi) is 5.29. The van der Waals surface area contributed by atoms with E-state index in [1.807, 2.05) is 6.92 Å². The summed E-state index contributed by atoms with van der Waals surface area (Å²) >= 11 is 5.99. The fourth-order valence-corrected chi connectivity index (χ4v) is 1.45. The van der Waals surface area contributed by atoms with Crippen molar-refractivity contribution >= 4 is 17.4 Å². The molecule has 1 aromatic carbocycles. The number of ketones is 1. The van der Waals surface area contributed by atoms with Gasteiger partial charge in [0.25, 0.3) is 0 Å². The molecule has 16 heavy (non-hydrogen) atoms. The first kappa shape index (κ1) is 13.0. The summed E-state index contributed by atoms with van der Waals surface area (Å²) in [5.74, 6) is 0.518. The van der Waals surface area contributed by atoms with Crippen molar-refractivity contribution in [2.45, 2.75) is 13.3 Å². The van der Waals surface area contributed by atoms with Gasteiger partial charge in [0.1, 0.15) is 12.4 Å². The van der Waals surface area contributed by atoms with Crippen molar-refractivity contribution < 1.29 is 14.3 Å². The molecule has 0 aliphatic carbocycles. The Balaban J connectivity index is 2.78. The number of benzene rings is 1. The van der Waals surface area contributed by atoms with Crippen LogP contribution in [0.15, 0.2) is 18.2 Å². The summed E-state index contributed by atoms with van der Waals surface area (Å²) < 4.78 is 10.2. The van der Waals surface area contributed by atoms with Crippen LogP contribution in [0.1, 0.15) is 23.7 Å². The lowest BCUT2D eigenvalue weighted by atomic mass is 10.1. The zero-order valence-corrected chi connectivity index (χ0v) is 10.2. The third-order valence-corrected chi connectivity index (χ3v) is 2.29. The van der Waals surface area contributed by atoms with Crippen molar-refractivity contribution in [1.29, 1.82) is 0 Å². The number of carbonyl (C=O) groups is 1. The smallest absolute Gasteiger partial charge is 0.188 e. The van der Waals surface area contributed by atoms with Crippen molar-refractivity contribution in [2.75, 3.05) is 20.3 Å². The largest absolute Gasteiger partial charge is 0.492 e. The van der Waals surface area contributed by atoms with Crippen LogP contribution in [0.4, 0.5) is 0 Å². The maximum atomic E-state index is 11.5. The van der Waals surface area contributed by atoms with Crippen LogP contribution in [0.2, 0.25) is 5.02 Å². The number of hydrogen-bond donors (Lipinski definition) is 0. The number of Topliss-reactive ketones (excluding diaryl/α,β-unsaturated/α-hetero) is 1. The van der Waals surface area contributed by atoms with Gasteiger partial charge in [-0.2, -0.15) is 0 Å². The maximum Gasteiger partial charge on any atom is 0.188 e. The second-order valence-corrected chi connectivity index (χ2v) is 3.76. The number of methoxy groups -OCH3 is 1. The van der Waals surface area contributed by atoms with Crippen LogP contribution in [-0.4, -0.2) is 26.1 Å². The number of hydrogen-bond acceptors (Lipinski definition) is 3. The molecule has 0 saturated heterocycles. The van der Waals surface area contributed by atoms with Crippen molar-refractivity contribution in [3.8, 4) is 5.75 Å². The van der Waals surface area contributed by atoms with Crippen molar-refractivity contribution in [3.63, 3.8) is 0 Å². The summed E-state index contributed by atoms with van der Waals surface area (Å²) in [4.78, 5) is 11.5. The van der Waals surface area contributed by atoms with Crippen LogP contribution >= 0.6 is 11.6 Å². The van der Waals surface area contributed by atoms with E-state index in [0.29, 0.717) is 22.9 Å². The topological polar surface area (TPSA) is 35.5 Å². The molecule has 0 radical (unpaired) electrons. The number of halogens is 1. The Morgan fingerprint density at radius 2 is 2.19 bits per heavy atom. The van der Waals surface area contributed by atoms with Crippen LogP contribution in [0.25, 0.3) is 0 Å². The molecule has 0 bridgehead atoms. The minimum Gasteiger partial charge on any atom is -0.492 e. The quantitative estimate of drug-likeness (QED) is 0.720. The molecular weight excluding hydrogens is 228 g/mol. The van der Waals surface area contributed by atoms with Gasteiger partial charge in [-0.25, -0.2) is 0 Å². The third-order valence-electron chi connectivity index (χ3n) is 1.99. The average molecular weight is 243 g/mol. The van der Waals surface area contributed by atoms with E-state index in [9.17, 15) is 4.79 Å². The van der Waals surface area contributed by atoms with Gasteiger partial charge in [-0.15, -0.1) is 0 Å². The van der Waals surface area contributed by atoms with Gasteiger partial charge < -0.3 is 9.47 Å². The van der Waals surface area contributed by atoms with Gasteiger partial charge in [0.2, 0.25) is 0 Å². The lowest BCUT2D eigenvalue weighted by Gasteiger charge is -2.07. The van der Waals surface area contributed by atoms with E-state index in [2.05, 4.69) is 0 Å². The fourth-order valence-electron chi connectivity index (χ4n) is 1.22. The minimum absolute atomic E-state index is 0.0610. The van der Waals surface area contributed by atoms with Crippen LogP contribution in [0.5, 0.6) is 5.75 Å². The van der Waals surface area contributed by atoms with E-state index >= 15 is 0 Å². The molecule has 1 rings (SSSR count). The normalized spacial score (nSPS) is 10.2. The predicted molar refractivity (Wildman–Crippen MR) is 63.4 cm³/mol. The summed E-state index contributed by atoms with van der Waals surface area (Å²) in [6.45, 7) is 2.70. The minimum atomic E-state index is -0.0913. The molecule has 0 fully saturated rings. The van der Waals surface area contributed by atoms with E-state index < -0.39 is 0 Å². The second kappa shape index (κ2) is 6.51. The molecule has 0 atom stereocenters. The first-order valence-corrected chi connectivity index (χ1v) is 5.51. The predicted octanol–water partition coefficient (Wildman–Crippen LogP) is 2.96. The Bertz CT molecular complexity index is 363. The van der Waals surface area contributed by atoms with Gasteiger partial charge in [-0.3, -0.25) is 4.79 Å². The highest BCUT2D eigenvalue weighted by molar-refractivity contribution is 6.32. The Morgan fingerprint density at radius 3 is 2.75 bits per heavy atom. The van der Waals surface area contributed by atoms with Crippen molar-refractivity contribution in [2.24, 2.45) is 0 Å². The van der Waals surface area contributed by atoms with Gasteiger partial charge >= 0.3 is 0 Å². The zero-order valence-electron chi connectivity index (χ0n) is 9.46. The summed E-state index contributed by atoms with van der Waals surface area (Å²) in [6.07, 6.45) is 0.917. The number of rotatable bonds is 6. The molecule has 0 aliphatic heterocycles. The molecule has 1 aromatic rings. The lowest BCUT2D eigenvalue weighted by molar-refractivity contribution is 0.0848. The zero-order chi connectivity index (χ0) is 12.0.